The van der Waals surface area contributed by atoms with Crippen LogP contribution >= 0.6 is 0 Å². The van der Waals surface area contributed by atoms with Crippen LogP contribution in [0.15, 0.2) is 54.6 Å². The molecule has 1 aliphatic rings. The van der Waals surface area contributed by atoms with Crippen LogP contribution in [0.1, 0.15) is 28.8 Å². The fourth-order valence-electron chi connectivity index (χ4n) is 3.13. The number of hydrogen-bond donors (Lipinski definition) is 0. The standard InChI is InChI=1S/C21H25NO3/c1-17-8-5-6-12-20(17)21(23)22-13-7-11-19(16-22)25-15-14-24-18-9-3-2-4-10-18/h2-6,8-10,12,19H,7,11,13-16H2,1H3. The largest absolute Gasteiger partial charge is 0.491 e. The molecule has 0 aliphatic carbocycles. The molecule has 0 saturated carbocycles. The Kier molecular flexibility index (Phi) is 6.07. The van der Waals surface area contributed by atoms with Gasteiger partial charge in [0.15, 0.2) is 0 Å². The van der Waals surface area contributed by atoms with Gasteiger partial charge in [-0.15, -0.1) is 0 Å². The van der Waals surface area contributed by atoms with E-state index in [0.717, 1.165) is 36.3 Å². The number of nitrogens with zero attached hydrogens (tertiary/aromatic N) is 1. The lowest BCUT2D eigenvalue weighted by molar-refractivity contribution is -0.00819. The molecule has 25 heavy (non-hydrogen) atoms. The predicted molar refractivity (Wildman–Crippen MR) is 98.0 cm³/mol. The van der Waals surface area contributed by atoms with Gasteiger partial charge in [0.2, 0.25) is 0 Å². The molecule has 3 rings (SSSR count). The third-order valence-electron chi connectivity index (χ3n) is 4.49. The molecular weight excluding hydrogens is 314 g/mol. The van der Waals surface area contributed by atoms with Crippen LogP contribution in [-0.4, -0.2) is 43.2 Å². The number of likely N-dealkylation sites (tertiary alicyclic amines) is 1. The fraction of sp³-hybridized carbons (Fsp3) is 0.381. The molecule has 0 N–H and O–H groups in total. The molecule has 0 aromatic heterocycles. The average molecular weight is 339 g/mol. The second-order valence-electron chi connectivity index (χ2n) is 6.36. The molecule has 1 saturated heterocycles. The van der Waals surface area contributed by atoms with Gasteiger partial charge in [-0.2, -0.15) is 0 Å². The van der Waals surface area contributed by atoms with Crippen LogP contribution < -0.4 is 4.74 Å². The maximum Gasteiger partial charge on any atom is 0.254 e. The summed E-state index contributed by atoms with van der Waals surface area (Å²) >= 11 is 0. The summed E-state index contributed by atoms with van der Waals surface area (Å²) in [5.74, 6) is 0.957. The van der Waals surface area contributed by atoms with E-state index in [9.17, 15) is 4.79 Å². The molecule has 1 amide bonds. The topological polar surface area (TPSA) is 38.8 Å². The zero-order valence-electron chi connectivity index (χ0n) is 14.7. The minimum atomic E-state index is 0.0843. The molecule has 1 fully saturated rings. The molecular formula is C21H25NO3. The molecule has 1 aliphatic heterocycles. The van der Waals surface area contributed by atoms with Crippen LogP contribution in [-0.2, 0) is 4.74 Å². The monoisotopic (exact) mass is 339 g/mol. The van der Waals surface area contributed by atoms with Crippen molar-refractivity contribution in [3.8, 4) is 5.75 Å². The fourth-order valence-corrected chi connectivity index (χ4v) is 3.13. The van der Waals surface area contributed by atoms with E-state index in [0.29, 0.717) is 19.8 Å². The first-order chi connectivity index (χ1) is 12.2. The lowest BCUT2D eigenvalue weighted by Crippen LogP contribution is -2.43. The molecule has 1 unspecified atom stereocenters. The number of benzene rings is 2. The normalized spacial score (nSPS) is 17.3. The summed E-state index contributed by atoms with van der Waals surface area (Å²) in [5, 5.41) is 0. The van der Waals surface area contributed by atoms with E-state index in [2.05, 4.69) is 0 Å². The van der Waals surface area contributed by atoms with Crippen molar-refractivity contribution in [2.45, 2.75) is 25.9 Å². The van der Waals surface area contributed by atoms with Gasteiger partial charge in [0.1, 0.15) is 12.4 Å². The van der Waals surface area contributed by atoms with Gasteiger partial charge in [-0.1, -0.05) is 36.4 Å². The maximum absolute atomic E-state index is 12.7. The number of hydrogen-bond acceptors (Lipinski definition) is 3. The van der Waals surface area contributed by atoms with Gasteiger partial charge in [0, 0.05) is 18.7 Å². The van der Waals surface area contributed by atoms with E-state index in [1.54, 1.807) is 0 Å². The van der Waals surface area contributed by atoms with E-state index in [-0.39, 0.29) is 12.0 Å². The maximum atomic E-state index is 12.7. The lowest BCUT2D eigenvalue weighted by atomic mass is 10.0. The minimum absolute atomic E-state index is 0.0843. The quantitative estimate of drug-likeness (QED) is 0.753. The molecule has 4 heteroatoms. The van der Waals surface area contributed by atoms with Crippen molar-refractivity contribution in [1.82, 2.24) is 4.90 Å². The van der Waals surface area contributed by atoms with Gasteiger partial charge in [0.25, 0.3) is 5.91 Å². The number of rotatable bonds is 6. The summed E-state index contributed by atoms with van der Waals surface area (Å²) in [6.45, 7) is 4.48. The predicted octanol–water partition coefficient (Wildman–Crippen LogP) is 3.70. The molecule has 2 aromatic rings. The van der Waals surface area contributed by atoms with Crippen molar-refractivity contribution in [2.75, 3.05) is 26.3 Å². The molecule has 1 atom stereocenters. The zero-order chi connectivity index (χ0) is 17.5. The Hall–Kier alpha value is -2.33. The van der Waals surface area contributed by atoms with Gasteiger partial charge in [-0.3, -0.25) is 4.79 Å². The van der Waals surface area contributed by atoms with Crippen molar-refractivity contribution >= 4 is 5.91 Å². The third kappa shape index (κ3) is 4.83. The Morgan fingerprint density at radius 1 is 1.08 bits per heavy atom. The van der Waals surface area contributed by atoms with Crippen molar-refractivity contribution in [1.29, 1.82) is 0 Å². The van der Waals surface area contributed by atoms with Gasteiger partial charge >= 0.3 is 0 Å². The highest BCUT2D eigenvalue weighted by atomic mass is 16.5. The number of ether oxygens (including phenoxy) is 2. The van der Waals surface area contributed by atoms with Crippen molar-refractivity contribution in [3.63, 3.8) is 0 Å². The molecule has 4 nitrogen and oxygen atoms in total. The summed E-state index contributed by atoms with van der Waals surface area (Å²) < 4.78 is 11.6. The van der Waals surface area contributed by atoms with Crippen LogP contribution in [0.25, 0.3) is 0 Å². The van der Waals surface area contributed by atoms with Crippen LogP contribution in [0.4, 0.5) is 0 Å². The first-order valence-corrected chi connectivity index (χ1v) is 8.88. The molecule has 0 bridgehead atoms. The summed E-state index contributed by atoms with van der Waals surface area (Å²) in [7, 11) is 0. The van der Waals surface area contributed by atoms with Crippen molar-refractivity contribution < 1.29 is 14.3 Å². The van der Waals surface area contributed by atoms with E-state index in [1.165, 1.54) is 0 Å². The first kappa shape index (κ1) is 17.5. The minimum Gasteiger partial charge on any atom is -0.491 e. The molecule has 2 aromatic carbocycles. The molecule has 0 spiro atoms. The van der Waals surface area contributed by atoms with Crippen LogP contribution in [0.2, 0.25) is 0 Å². The smallest absolute Gasteiger partial charge is 0.254 e. The van der Waals surface area contributed by atoms with Crippen molar-refractivity contribution in [3.05, 3.63) is 65.7 Å². The van der Waals surface area contributed by atoms with E-state index >= 15 is 0 Å². The summed E-state index contributed by atoms with van der Waals surface area (Å²) in [5.41, 5.74) is 1.81. The van der Waals surface area contributed by atoms with E-state index in [1.807, 2.05) is 66.4 Å². The van der Waals surface area contributed by atoms with Crippen molar-refractivity contribution in [2.24, 2.45) is 0 Å². The molecule has 132 valence electrons. The number of aryl methyl sites for hydroxylation is 1. The van der Waals surface area contributed by atoms with Gasteiger partial charge < -0.3 is 14.4 Å². The SMILES string of the molecule is Cc1ccccc1C(=O)N1CCCC(OCCOc2ccccc2)C1. The van der Waals surface area contributed by atoms with Gasteiger partial charge in [0.05, 0.1) is 12.7 Å². The lowest BCUT2D eigenvalue weighted by Gasteiger charge is -2.33. The van der Waals surface area contributed by atoms with Gasteiger partial charge in [-0.25, -0.2) is 0 Å². The Morgan fingerprint density at radius 2 is 1.84 bits per heavy atom. The average Bonchev–Trinajstić information content (AvgIpc) is 2.66. The third-order valence-corrected chi connectivity index (χ3v) is 4.49. The highest BCUT2D eigenvalue weighted by molar-refractivity contribution is 5.95. The number of piperidine rings is 1. The van der Waals surface area contributed by atoms with E-state index in [4.69, 9.17) is 9.47 Å². The number of carbonyl (C=O) groups is 1. The molecule has 1 heterocycles. The zero-order valence-corrected chi connectivity index (χ0v) is 14.7. The van der Waals surface area contributed by atoms with Crippen LogP contribution in [0.5, 0.6) is 5.75 Å². The Morgan fingerprint density at radius 3 is 2.64 bits per heavy atom. The van der Waals surface area contributed by atoms with Crippen LogP contribution in [0.3, 0.4) is 0 Å². The van der Waals surface area contributed by atoms with Gasteiger partial charge in [-0.05, 0) is 43.5 Å². The summed E-state index contributed by atoms with van der Waals surface area (Å²) in [6.07, 6.45) is 2.05. The Labute approximate surface area is 149 Å². The summed E-state index contributed by atoms with van der Waals surface area (Å²) in [4.78, 5) is 14.6. The first-order valence-electron chi connectivity index (χ1n) is 8.88. The Balaban J connectivity index is 1.46. The number of amides is 1. The summed E-state index contributed by atoms with van der Waals surface area (Å²) in [6, 6.07) is 17.5. The highest BCUT2D eigenvalue weighted by Crippen LogP contribution is 2.18. The van der Waals surface area contributed by atoms with E-state index < -0.39 is 0 Å². The number of carbonyl (C=O) groups excluding carboxylic acids is 1. The van der Waals surface area contributed by atoms with Crippen LogP contribution in [0, 0.1) is 6.92 Å². The number of para-hydroxylation sites is 1. The second kappa shape index (κ2) is 8.67. The highest BCUT2D eigenvalue weighted by Gasteiger charge is 2.25. The Bertz CT molecular complexity index is 687. The molecule has 0 radical (unpaired) electrons. The second-order valence-corrected chi connectivity index (χ2v) is 6.36.